The number of nitrogens with zero attached hydrogens (tertiary/aromatic N) is 3. The Morgan fingerprint density at radius 3 is 2.68 bits per heavy atom. The molecule has 1 amide bonds. The van der Waals surface area contributed by atoms with Gasteiger partial charge in [-0.15, -0.1) is 0 Å². The summed E-state index contributed by atoms with van der Waals surface area (Å²) in [5.41, 5.74) is 3.16. The van der Waals surface area contributed by atoms with Gasteiger partial charge in [-0.05, 0) is 54.3 Å². The summed E-state index contributed by atoms with van der Waals surface area (Å²) >= 11 is 6.47. The van der Waals surface area contributed by atoms with E-state index in [1.807, 2.05) is 53.7 Å². The van der Waals surface area contributed by atoms with E-state index in [-0.39, 0.29) is 24.2 Å². The summed E-state index contributed by atoms with van der Waals surface area (Å²) in [6.45, 7) is 3.48. The van der Waals surface area contributed by atoms with Crippen molar-refractivity contribution in [3.63, 3.8) is 0 Å². The van der Waals surface area contributed by atoms with Gasteiger partial charge in [-0.2, -0.15) is 0 Å². The summed E-state index contributed by atoms with van der Waals surface area (Å²) in [5, 5.41) is 0.803. The molecule has 3 aliphatic heterocycles. The third-order valence-electron chi connectivity index (χ3n) is 7.46. The van der Waals surface area contributed by atoms with Crippen molar-refractivity contribution in [3.05, 3.63) is 88.7 Å². The van der Waals surface area contributed by atoms with Gasteiger partial charge in [-0.25, -0.2) is 0 Å². The number of hydrogen-bond donors (Lipinski definition) is 0. The van der Waals surface area contributed by atoms with Gasteiger partial charge >= 0.3 is 0 Å². The van der Waals surface area contributed by atoms with E-state index in [9.17, 15) is 4.79 Å². The van der Waals surface area contributed by atoms with Crippen molar-refractivity contribution >= 4 is 17.5 Å². The highest BCUT2D eigenvalue weighted by atomic mass is 35.5. The molecule has 1 aromatic heterocycles. The van der Waals surface area contributed by atoms with E-state index in [0.717, 1.165) is 49.6 Å². The Labute approximate surface area is 204 Å². The van der Waals surface area contributed by atoms with E-state index in [2.05, 4.69) is 22.0 Å². The topological polar surface area (TPSA) is 54.9 Å². The minimum Gasteiger partial charge on any atom is -0.454 e. The SMILES string of the molecule is O=C(c1ccc2c(c1)OCO2)N1CCC2(CC1)CN(Cc1ccccc1Cl)C2c1cccnc1. The molecular formula is C27H26ClN3O3. The minimum atomic E-state index is 0.0540. The van der Waals surface area contributed by atoms with Crippen LogP contribution in [0.25, 0.3) is 0 Å². The van der Waals surface area contributed by atoms with Gasteiger partial charge in [0.15, 0.2) is 11.5 Å². The molecule has 34 heavy (non-hydrogen) atoms. The second-order valence-corrected chi connectivity index (χ2v) is 9.82. The Morgan fingerprint density at radius 2 is 1.88 bits per heavy atom. The largest absolute Gasteiger partial charge is 0.454 e. The lowest BCUT2D eigenvalue weighted by Gasteiger charge is -2.60. The first-order valence-corrected chi connectivity index (χ1v) is 12.1. The van der Waals surface area contributed by atoms with Crippen LogP contribution in [-0.4, -0.2) is 47.1 Å². The number of ether oxygens (including phenoxy) is 2. The average molecular weight is 476 g/mol. The Morgan fingerprint density at radius 1 is 1.06 bits per heavy atom. The van der Waals surface area contributed by atoms with Gasteiger partial charge in [-0.3, -0.25) is 14.7 Å². The molecule has 1 unspecified atom stereocenters. The number of fused-ring (bicyclic) bond motifs is 1. The highest BCUT2D eigenvalue weighted by Gasteiger charge is 2.54. The van der Waals surface area contributed by atoms with Crippen molar-refractivity contribution in [1.82, 2.24) is 14.8 Å². The minimum absolute atomic E-state index is 0.0540. The molecule has 174 valence electrons. The third kappa shape index (κ3) is 3.71. The standard InChI is InChI=1S/C27H26ClN3O3/c28-22-6-2-1-4-21(22)16-31-17-27(25(31)20-5-3-11-29-15-20)9-12-30(13-10-27)26(32)19-7-8-23-24(14-19)34-18-33-23/h1-8,11,14-15,25H,9-10,12-13,16-18H2. The quantitative estimate of drug-likeness (QED) is 0.534. The van der Waals surface area contributed by atoms with Crippen molar-refractivity contribution in [2.45, 2.75) is 25.4 Å². The van der Waals surface area contributed by atoms with E-state index in [1.54, 1.807) is 6.07 Å². The van der Waals surface area contributed by atoms with E-state index >= 15 is 0 Å². The Kier molecular flexibility index (Phi) is 5.42. The maximum atomic E-state index is 13.2. The van der Waals surface area contributed by atoms with E-state index in [0.29, 0.717) is 17.1 Å². The Hall–Kier alpha value is -3.09. The van der Waals surface area contributed by atoms with E-state index < -0.39 is 0 Å². The van der Waals surface area contributed by atoms with Crippen molar-refractivity contribution in [1.29, 1.82) is 0 Å². The average Bonchev–Trinajstić information content (AvgIpc) is 3.33. The van der Waals surface area contributed by atoms with Crippen molar-refractivity contribution in [2.24, 2.45) is 5.41 Å². The second kappa shape index (κ2) is 8.60. The molecule has 4 heterocycles. The zero-order chi connectivity index (χ0) is 23.1. The molecule has 0 radical (unpaired) electrons. The third-order valence-corrected chi connectivity index (χ3v) is 7.83. The van der Waals surface area contributed by atoms with Gasteiger partial charge in [-0.1, -0.05) is 35.9 Å². The summed E-state index contributed by atoms with van der Waals surface area (Å²) in [5.74, 6) is 1.39. The van der Waals surface area contributed by atoms with E-state index in [1.165, 1.54) is 5.56 Å². The van der Waals surface area contributed by atoms with Gasteiger partial charge in [0.1, 0.15) is 0 Å². The molecule has 2 aromatic carbocycles. The second-order valence-electron chi connectivity index (χ2n) is 9.41. The molecule has 2 saturated heterocycles. The summed E-state index contributed by atoms with van der Waals surface area (Å²) in [7, 11) is 0. The van der Waals surface area contributed by atoms with Crippen molar-refractivity contribution < 1.29 is 14.3 Å². The number of halogens is 1. The zero-order valence-electron chi connectivity index (χ0n) is 18.8. The maximum absolute atomic E-state index is 13.2. The lowest BCUT2D eigenvalue weighted by Crippen LogP contribution is -2.62. The number of carbonyl (C=O) groups excluding carboxylic acids is 1. The fourth-order valence-corrected chi connectivity index (χ4v) is 5.95. The number of amides is 1. The predicted molar refractivity (Wildman–Crippen MR) is 129 cm³/mol. The highest BCUT2D eigenvalue weighted by Crippen LogP contribution is 2.55. The van der Waals surface area contributed by atoms with Crippen LogP contribution in [0.4, 0.5) is 0 Å². The van der Waals surface area contributed by atoms with Crippen LogP contribution in [0.2, 0.25) is 5.02 Å². The zero-order valence-corrected chi connectivity index (χ0v) is 19.6. The molecule has 3 aliphatic rings. The summed E-state index contributed by atoms with van der Waals surface area (Å²) in [6.07, 6.45) is 5.72. The molecule has 0 bridgehead atoms. The normalized spacial score (nSPS) is 20.9. The van der Waals surface area contributed by atoms with Gasteiger partial charge in [0.05, 0.1) is 0 Å². The first-order valence-electron chi connectivity index (χ1n) is 11.7. The highest BCUT2D eigenvalue weighted by molar-refractivity contribution is 6.31. The molecule has 0 aliphatic carbocycles. The van der Waals surface area contributed by atoms with Crippen LogP contribution >= 0.6 is 11.6 Å². The van der Waals surface area contributed by atoms with Crippen molar-refractivity contribution in [3.8, 4) is 11.5 Å². The fourth-order valence-electron chi connectivity index (χ4n) is 5.75. The Balaban J connectivity index is 1.19. The molecule has 1 atom stereocenters. The molecule has 2 fully saturated rings. The molecule has 3 aromatic rings. The molecule has 6 nitrogen and oxygen atoms in total. The first-order chi connectivity index (χ1) is 16.6. The Bertz CT molecular complexity index is 1210. The van der Waals surface area contributed by atoms with Crippen LogP contribution in [0.15, 0.2) is 67.0 Å². The van der Waals surface area contributed by atoms with Crippen LogP contribution in [0, 0.1) is 5.41 Å². The van der Waals surface area contributed by atoms with Gasteiger partial charge < -0.3 is 14.4 Å². The molecular weight excluding hydrogens is 450 g/mol. The summed E-state index contributed by atoms with van der Waals surface area (Å²) < 4.78 is 10.8. The van der Waals surface area contributed by atoms with Crippen molar-refractivity contribution in [2.75, 3.05) is 26.4 Å². The molecule has 1 spiro atoms. The van der Waals surface area contributed by atoms with Crippen LogP contribution in [0.3, 0.4) is 0 Å². The first kappa shape index (κ1) is 21.4. The lowest BCUT2D eigenvalue weighted by atomic mass is 9.63. The van der Waals surface area contributed by atoms with Crippen LogP contribution in [0.1, 0.15) is 40.4 Å². The van der Waals surface area contributed by atoms with Crippen LogP contribution < -0.4 is 9.47 Å². The molecule has 7 heteroatoms. The van der Waals surface area contributed by atoms with Gasteiger partial charge in [0.2, 0.25) is 6.79 Å². The molecule has 0 saturated carbocycles. The number of rotatable bonds is 4. The number of carbonyl (C=O) groups is 1. The van der Waals surface area contributed by atoms with Gasteiger partial charge in [0.25, 0.3) is 5.91 Å². The lowest BCUT2D eigenvalue weighted by molar-refractivity contribution is -0.113. The maximum Gasteiger partial charge on any atom is 0.253 e. The molecule has 6 rings (SSSR count). The number of likely N-dealkylation sites (tertiary alicyclic amines) is 2. The van der Waals surface area contributed by atoms with E-state index in [4.69, 9.17) is 21.1 Å². The number of benzene rings is 2. The summed E-state index contributed by atoms with van der Waals surface area (Å²) in [6, 6.07) is 17.9. The fraction of sp³-hybridized carbons (Fsp3) is 0.333. The van der Waals surface area contributed by atoms with Crippen LogP contribution in [0.5, 0.6) is 11.5 Å². The monoisotopic (exact) mass is 475 g/mol. The van der Waals surface area contributed by atoms with Gasteiger partial charge in [0, 0.05) is 60.6 Å². The summed E-state index contributed by atoms with van der Waals surface area (Å²) in [4.78, 5) is 22.1. The predicted octanol–water partition coefficient (Wildman–Crippen LogP) is 4.94. The number of hydrogen-bond acceptors (Lipinski definition) is 5. The number of piperidine rings is 1. The van der Waals surface area contributed by atoms with Crippen LogP contribution in [-0.2, 0) is 6.54 Å². The molecule has 0 N–H and O–H groups in total. The smallest absolute Gasteiger partial charge is 0.253 e. The number of pyridine rings is 1. The number of aromatic nitrogens is 1.